The van der Waals surface area contributed by atoms with Crippen molar-refractivity contribution in [3.05, 3.63) is 34.9 Å². The molecule has 3 heteroatoms. The lowest BCUT2D eigenvalue weighted by Crippen LogP contribution is -2.54. The molecule has 0 saturated carbocycles. The average Bonchev–Trinajstić information content (AvgIpc) is 2.40. The number of likely N-dealkylation sites (N-methyl/N-ethyl adjacent to an activating group) is 1. The zero-order valence-electron chi connectivity index (χ0n) is 11.2. The topological polar surface area (TPSA) is 29.3 Å². The Balaban J connectivity index is 2.00. The second-order valence-electron chi connectivity index (χ2n) is 5.43. The number of rotatable bonds is 4. The molecule has 1 unspecified atom stereocenters. The van der Waals surface area contributed by atoms with Crippen LogP contribution in [0.15, 0.2) is 24.3 Å². The highest BCUT2D eigenvalue weighted by molar-refractivity contribution is 6.30. The summed E-state index contributed by atoms with van der Waals surface area (Å²) < 4.78 is 0. The van der Waals surface area contributed by atoms with E-state index in [1.54, 1.807) is 0 Å². The van der Waals surface area contributed by atoms with E-state index < -0.39 is 0 Å². The zero-order chi connectivity index (χ0) is 13.0. The normalized spacial score (nSPS) is 25.3. The summed E-state index contributed by atoms with van der Waals surface area (Å²) in [6.45, 7) is 1.94. The summed E-state index contributed by atoms with van der Waals surface area (Å²) in [6.07, 6.45) is 6.06. The Bertz CT molecular complexity index is 377. The third kappa shape index (κ3) is 3.05. The Morgan fingerprint density at radius 2 is 2.00 bits per heavy atom. The number of benzene rings is 1. The minimum Gasteiger partial charge on any atom is -0.329 e. The molecule has 1 aliphatic rings. The molecule has 0 bridgehead atoms. The predicted octanol–water partition coefficient (Wildman–Crippen LogP) is 3.09. The van der Waals surface area contributed by atoms with E-state index in [1.807, 2.05) is 12.1 Å². The van der Waals surface area contributed by atoms with E-state index in [-0.39, 0.29) is 5.54 Å². The van der Waals surface area contributed by atoms with Crippen molar-refractivity contribution in [3.8, 4) is 0 Å². The first-order valence-electron chi connectivity index (χ1n) is 6.82. The van der Waals surface area contributed by atoms with Crippen molar-refractivity contribution in [1.29, 1.82) is 0 Å². The molecule has 0 radical (unpaired) electrons. The summed E-state index contributed by atoms with van der Waals surface area (Å²) in [5.41, 5.74) is 7.61. The SMILES string of the molecule is CN1CCCCC1(CN)CCc1ccc(Cl)cc1. The van der Waals surface area contributed by atoms with Gasteiger partial charge in [0.15, 0.2) is 0 Å². The summed E-state index contributed by atoms with van der Waals surface area (Å²) in [5, 5.41) is 0.807. The molecule has 18 heavy (non-hydrogen) atoms. The van der Waals surface area contributed by atoms with Crippen molar-refractivity contribution in [2.45, 2.75) is 37.6 Å². The van der Waals surface area contributed by atoms with Crippen molar-refractivity contribution in [2.75, 3.05) is 20.1 Å². The van der Waals surface area contributed by atoms with E-state index in [4.69, 9.17) is 17.3 Å². The Hall–Kier alpha value is -0.570. The molecule has 1 atom stereocenters. The van der Waals surface area contributed by atoms with E-state index in [0.29, 0.717) is 0 Å². The molecule has 0 amide bonds. The summed E-state index contributed by atoms with van der Waals surface area (Å²) in [6, 6.07) is 8.18. The van der Waals surface area contributed by atoms with Crippen LogP contribution in [0.1, 0.15) is 31.2 Å². The van der Waals surface area contributed by atoms with Gasteiger partial charge in [-0.2, -0.15) is 0 Å². The van der Waals surface area contributed by atoms with Crippen LogP contribution in [0.2, 0.25) is 5.02 Å². The standard InChI is InChI=1S/C15H23ClN2/c1-18-11-3-2-9-15(18,12-17)10-8-13-4-6-14(16)7-5-13/h4-7H,2-3,8-12,17H2,1H3. The molecule has 1 aromatic carbocycles. The highest BCUT2D eigenvalue weighted by Crippen LogP contribution is 2.30. The van der Waals surface area contributed by atoms with Crippen LogP contribution < -0.4 is 5.73 Å². The van der Waals surface area contributed by atoms with Crippen LogP contribution in [-0.4, -0.2) is 30.6 Å². The van der Waals surface area contributed by atoms with Crippen LogP contribution in [0.3, 0.4) is 0 Å². The van der Waals surface area contributed by atoms with Gasteiger partial charge in [-0.25, -0.2) is 0 Å². The molecule has 0 aliphatic carbocycles. The molecular weight excluding hydrogens is 244 g/mol. The average molecular weight is 267 g/mol. The summed E-state index contributed by atoms with van der Waals surface area (Å²) >= 11 is 5.91. The first-order chi connectivity index (χ1) is 8.66. The van der Waals surface area contributed by atoms with Gasteiger partial charge in [-0.3, -0.25) is 4.90 Å². The number of hydrogen-bond acceptors (Lipinski definition) is 2. The fourth-order valence-electron chi connectivity index (χ4n) is 2.93. The molecule has 0 aromatic heterocycles. The number of nitrogens with two attached hydrogens (primary N) is 1. The molecule has 2 nitrogen and oxygen atoms in total. The fraction of sp³-hybridized carbons (Fsp3) is 0.600. The van der Waals surface area contributed by atoms with Crippen molar-refractivity contribution in [3.63, 3.8) is 0 Å². The van der Waals surface area contributed by atoms with Crippen LogP contribution in [0.25, 0.3) is 0 Å². The molecule has 1 heterocycles. The number of nitrogens with zero attached hydrogens (tertiary/aromatic N) is 1. The number of halogens is 1. The summed E-state index contributed by atoms with van der Waals surface area (Å²) in [5.74, 6) is 0. The van der Waals surface area contributed by atoms with Gasteiger partial charge in [0.2, 0.25) is 0 Å². The number of piperidine rings is 1. The lowest BCUT2D eigenvalue weighted by atomic mass is 9.82. The Labute approximate surface area is 115 Å². The molecule has 0 spiro atoms. The maximum Gasteiger partial charge on any atom is 0.0406 e. The number of hydrogen-bond donors (Lipinski definition) is 1. The lowest BCUT2D eigenvalue weighted by Gasteiger charge is -2.45. The molecule has 1 aliphatic heterocycles. The van der Waals surface area contributed by atoms with E-state index in [0.717, 1.165) is 24.4 Å². The summed E-state index contributed by atoms with van der Waals surface area (Å²) in [4.78, 5) is 2.46. The maximum absolute atomic E-state index is 6.05. The third-order valence-corrected chi connectivity index (χ3v) is 4.62. The second-order valence-corrected chi connectivity index (χ2v) is 5.87. The van der Waals surface area contributed by atoms with Crippen molar-refractivity contribution in [1.82, 2.24) is 4.90 Å². The third-order valence-electron chi connectivity index (χ3n) is 4.37. The highest BCUT2D eigenvalue weighted by atomic mass is 35.5. The first-order valence-corrected chi connectivity index (χ1v) is 7.20. The molecule has 1 saturated heterocycles. The van der Waals surface area contributed by atoms with Crippen LogP contribution >= 0.6 is 11.6 Å². The molecule has 2 rings (SSSR count). The Morgan fingerprint density at radius 1 is 1.28 bits per heavy atom. The maximum atomic E-state index is 6.05. The van der Waals surface area contributed by atoms with Crippen molar-refractivity contribution < 1.29 is 0 Å². The van der Waals surface area contributed by atoms with Gasteiger partial charge in [0, 0.05) is 17.1 Å². The van der Waals surface area contributed by atoms with E-state index in [9.17, 15) is 0 Å². The first kappa shape index (κ1) is 13.9. The van der Waals surface area contributed by atoms with E-state index >= 15 is 0 Å². The monoisotopic (exact) mass is 266 g/mol. The van der Waals surface area contributed by atoms with Gasteiger partial charge in [-0.1, -0.05) is 30.2 Å². The van der Waals surface area contributed by atoms with Crippen LogP contribution in [0.4, 0.5) is 0 Å². The van der Waals surface area contributed by atoms with Gasteiger partial charge in [0.1, 0.15) is 0 Å². The molecule has 100 valence electrons. The van der Waals surface area contributed by atoms with Crippen molar-refractivity contribution >= 4 is 11.6 Å². The van der Waals surface area contributed by atoms with Gasteiger partial charge in [0.05, 0.1) is 0 Å². The predicted molar refractivity (Wildman–Crippen MR) is 78.0 cm³/mol. The van der Waals surface area contributed by atoms with Gasteiger partial charge >= 0.3 is 0 Å². The zero-order valence-corrected chi connectivity index (χ0v) is 11.9. The molecule has 1 fully saturated rings. The van der Waals surface area contributed by atoms with Crippen LogP contribution in [0.5, 0.6) is 0 Å². The van der Waals surface area contributed by atoms with Gasteiger partial charge in [-0.05, 0) is 57.0 Å². The lowest BCUT2D eigenvalue weighted by molar-refractivity contribution is 0.0722. The van der Waals surface area contributed by atoms with E-state index in [1.165, 1.54) is 31.4 Å². The smallest absolute Gasteiger partial charge is 0.0406 e. The second kappa shape index (κ2) is 6.05. The molecular formula is C15H23ClN2. The Kier molecular flexibility index (Phi) is 4.66. The van der Waals surface area contributed by atoms with Gasteiger partial charge < -0.3 is 5.73 Å². The van der Waals surface area contributed by atoms with Crippen LogP contribution in [-0.2, 0) is 6.42 Å². The van der Waals surface area contributed by atoms with Crippen LogP contribution in [0, 0.1) is 0 Å². The minimum atomic E-state index is 0.206. The highest BCUT2D eigenvalue weighted by Gasteiger charge is 2.34. The van der Waals surface area contributed by atoms with Crippen molar-refractivity contribution in [2.24, 2.45) is 5.73 Å². The van der Waals surface area contributed by atoms with E-state index in [2.05, 4.69) is 24.1 Å². The number of likely N-dealkylation sites (tertiary alicyclic amines) is 1. The number of aryl methyl sites for hydroxylation is 1. The van der Waals surface area contributed by atoms with Gasteiger partial charge in [0.25, 0.3) is 0 Å². The Morgan fingerprint density at radius 3 is 2.61 bits per heavy atom. The molecule has 1 aromatic rings. The fourth-order valence-corrected chi connectivity index (χ4v) is 3.06. The largest absolute Gasteiger partial charge is 0.329 e. The van der Waals surface area contributed by atoms with Gasteiger partial charge in [-0.15, -0.1) is 0 Å². The molecule has 2 N–H and O–H groups in total. The quantitative estimate of drug-likeness (QED) is 0.908. The summed E-state index contributed by atoms with van der Waals surface area (Å²) in [7, 11) is 2.22. The minimum absolute atomic E-state index is 0.206.